The van der Waals surface area contributed by atoms with Crippen molar-refractivity contribution >= 4 is 16.7 Å². The van der Waals surface area contributed by atoms with E-state index in [4.69, 9.17) is 14.8 Å². The number of hydrogen-bond donors (Lipinski definition) is 0. The monoisotopic (exact) mass is 483 g/mol. The Morgan fingerprint density at radius 2 is 1.80 bits per heavy atom. The molecule has 3 aromatic rings. The lowest BCUT2D eigenvalue weighted by Crippen LogP contribution is -2.49. The average molecular weight is 484 g/mol. The van der Waals surface area contributed by atoms with Crippen molar-refractivity contribution in [3.8, 4) is 11.4 Å². The third-order valence-corrected chi connectivity index (χ3v) is 7.72. The van der Waals surface area contributed by atoms with Crippen LogP contribution in [0.4, 0.5) is 14.5 Å². The number of hydrogen-bond acceptors (Lipinski definition) is 6. The highest BCUT2D eigenvalue weighted by atomic mass is 19.3. The second-order valence-electron chi connectivity index (χ2n) is 9.70. The third-order valence-electron chi connectivity index (χ3n) is 7.72. The van der Waals surface area contributed by atoms with Crippen LogP contribution in [0.5, 0.6) is 5.75 Å². The van der Waals surface area contributed by atoms with Gasteiger partial charge in [-0.1, -0.05) is 12.5 Å². The summed E-state index contributed by atoms with van der Waals surface area (Å²) in [5.74, 6) is 0.528. The number of aromatic nitrogens is 3. The van der Waals surface area contributed by atoms with Gasteiger partial charge in [-0.15, -0.1) is 0 Å². The van der Waals surface area contributed by atoms with E-state index in [1.54, 1.807) is 16.8 Å². The molecule has 0 amide bonds. The van der Waals surface area contributed by atoms with E-state index in [2.05, 4.69) is 20.6 Å². The Morgan fingerprint density at radius 1 is 1.00 bits per heavy atom. The van der Waals surface area contributed by atoms with Crippen molar-refractivity contribution in [2.24, 2.45) is 0 Å². The molecule has 9 heteroatoms. The number of halogens is 2. The van der Waals surface area contributed by atoms with Crippen LogP contribution in [0, 0.1) is 0 Å². The topological polar surface area (TPSA) is 55.7 Å². The molecule has 2 aromatic heterocycles. The number of pyridine rings is 1. The first kappa shape index (κ1) is 22.7. The second kappa shape index (κ2) is 9.70. The molecule has 35 heavy (non-hydrogen) atoms. The van der Waals surface area contributed by atoms with Crippen molar-refractivity contribution in [3.05, 3.63) is 42.2 Å². The zero-order valence-electron chi connectivity index (χ0n) is 19.8. The van der Waals surface area contributed by atoms with Crippen LogP contribution in [0.2, 0.25) is 0 Å². The van der Waals surface area contributed by atoms with Gasteiger partial charge in [0, 0.05) is 50.4 Å². The van der Waals surface area contributed by atoms with Crippen LogP contribution in [0.3, 0.4) is 0 Å². The lowest BCUT2D eigenvalue weighted by molar-refractivity contribution is -0.0498. The van der Waals surface area contributed by atoms with Gasteiger partial charge in [0.25, 0.3) is 0 Å². The molecule has 3 fully saturated rings. The second-order valence-corrected chi connectivity index (χ2v) is 9.70. The van der Waals surface area contributed by atoms with E-state index in [1.165, 1.54) is 18.2 Å². The molecule has 0 bridgehead atoms. The molecule has 2 aliphatic heterocycles. The molecule has 0 radical (unpaired) electrons. The van der Waals surface area contributed by atoms with Gasteiger partial charge in [-0.2, -0.15) is 13.9 Å². The molecular formula is C26H31F2N5O2. The lowest BCUT2D eigenvalue weighted by Gasteiger charge is -2.41. The van der Waals surface area contributed by atoms with Gasteiger partial charge < -0.3 is 14.4 Å². The Labute approximate surface area is 203 Å². The zero-order chi connectivity index (χ0) is 23.8. The van der Waals surface area contributed by atoms with Crippen molar-refractivity contribution in [1.82, 2.24) is 19.7 Å². The van der Waals surface area contributed by atoms with Crippen LogP contribution in [0.25, 0.3) is 16.7 Å². The summed E-state index contributed by atoms with van der Waals surface area (Å²) in [5.41, 5.74) is 3.71. The summed E-state index contributed by atoms with van der Waals surface area (Å²) in [6.07, 6.45) is 7.54. The fourth-order valence-corrected chi connectivity index (χ4v) is 5.67. The molecule has 0 atom stereocenters. The predicted octanol–water partition coefficient (Wildman–Crippen LogP) is 4.59. The van der Waals surface area contributed by atoms with Gasteiger partial charge in [-0.25, -0.2) is 9.67 Å². The molecule has 0 N–H and O–H groups in total. The van der Waals surface area contributed by atoms with Crippen molar-refractivity contribution in [1.29, 1.82) is 0 Å². The maximum absolute atomic E-state index is 12.8. The van der Waals surface area contributed by atoms with Crippen LogP contribution in [0.15, 0.2) is 36.5 Å². The first-order valence-electron chi connectivity index (χ1n) is 12.7. The molecule has 6 rings (SSSR count). The van der Waals surface area contributed by atoms with Crippen LogP contribution < -0.4 is 9.64 Å². The van der Waals surface area contributed by atoms with Crippen molar-refractivity contribution in [2.45, 2.75) is 50.7 Å². The van der Waals surface area contributed by atoms with E-state index in [0.29, 0.717) is 17.6 Å². The first-order chi connectivity index (χ1) is 17.2. The smallest absolute Gasteiger partial charge is 0.387 e. The molecule has 0 spiro atoms. The number of piperidine rings is 1. The van der Waals surface area contributed by atoms with Gasteiger partial charge >= 0.3 is 6.61 Å². The molecule has 186 valence electrons. The van der Waals surface area contributed by atoms with Crippen LogP contribution in [-0.2, 0) is 4.74 Å². The number of fused-ring (bicyclic) bond motifs is 1. The standard InChI is InChI=1S/C26H31F2N5O2/c27-26(28)35-21-6-2-5-20(17-21)33-25-23(24(30-33)18-3-1-4-18)22(7-10-29-25)32-11-8-19(9-12-32)31-13-15-34-16-14-31/h2,5-7,10,17-19,26H,1,3-4,8-9,11-16H2. The molecule has 1 aliphatic carbocycles. The Hall–Kier alpha value is -2.78. The van der Waals surface area contributed by atoms with Gasteiger partial charge in [-0.05, 0) is 43.9 Å². The highest BCUT2D eigenvalue weighted by molar-refractivity contribution is 5.93. The highest BCUT2D eigenvalue weighted by Gasteiger charge is 2.31. The maximum atomic E-state index is 12.8. The van der Waals surface area contributed by atoms with Gasteiger partial charge in [0.1, 0.15) is 5.75 Å². The minimum absolute atomic E-state index is 0.118. The van der Waals surface area contributed by atoms with E-state index < -0.39 is 6.61 Å². The molecule has 7 nitrogen and oxygen atoms in total. The Kier molecular flexibility index (Phi) is 6.28. The molecule has 4 heterocycles. The van der Waals surface area contributed by atoms with Gasteiger partial charge in [0.05, 0.1) is 35.7 Å². The highest BCUT2D eigenvalue weighted by Crippen LogP contribution is 2.42. The Balaban J connectivity index is 1.34. The van der Waals surface area contributed by atoms with E-state index in [1.807, 2.05) is 12.3 Å². The van der Waals surface area contributed by atoms with Gasteiger partial charge in [0.15, 0.2) is 5.65 Å². The van der Waals surface area contributed by atoms with Gasteiger partial charge in [-0.3, -0.25) is 4.90 Å². The number of alkyl halides is 2. The third kappa shape index (κ3) is 4.47. The fourth-order valence-electron chi connectivity index (χ4n) is 5.67. The molecular weight excluding hydrogens is 452 g/mol. The van der Waals surface area contributed by atoms with Crippen molar-refractivity contribution in [3.63, 3.8) is 0 Å². The number of anilines is 1. The van der Waals surface area contributed by atoms with Gasteiger partial charge in [0.2, 0.25) is 0 Å². The number of morpholine rings is 1. The van der Waals surface area contributed by atoms with Crippen LogP contribution in [0.1, 0.15) is 43.7 Å². The quantitative estimate of drug-likeness (QED) is 0.511. The SMILES string of the molecule is FC(F)Oc1cccc(-n2nc(C3CCC3)c3c(N4CCC(N5CCOCC5)CC4)ccnc32)c1. The zero-order valence-corrected chi connectivity index (χ0v) is 19.8. The minimum atomic E-state index is -2.87. The summed E-state index contributed by atoms with van der Waals surface area (Å²) >= 11 is 0. The molecule has 1 aromatic carbocycles. The van der Waals surface area contributed by atoms with Crippen molar-refractivity contribution < 1.29 is 18.3 Å². The normalized spacial score (nSPS) is 20.5. The van der Waals surface area contributed by atoms with E-state index >= 15 is 0 Å². The van der Waals surface area contributed by atoms with Crippen molar-refractivity contribution in [2.75, 3.05) is 44.3 Å². The van der Waals surface area contributed by atoms with E-state index in [9.17, 15) is 8.78 Å². The fraction of sp³-hybridized carbons (Fsp3) is 0.538. The molecule has 1 saturated carbocycles. The summed E-state index contributed by atoms with van der Waals surface area (Å²) in [6.45, 7) is 2.84. The molecule has 0 unspecified atom stereocenters. The first-order valence-corrected chi connectivity index (χ1v) is 12.7. The molecule has 2 saturated heterocycles. The number of benzene rings is 1. The Morgan fingerprint density at radius 3 is 2.51 bits per heavy atom. The minimum Gasteiger partial charge on any atom is -0.435 e. The largest absolute Gasteiger partial charge is 0.435 e. The van der Waals surface area contributed by atoms with E-state index in [0.717, 1.165) is 81.8 Å². The number of ether oxygens (including phenoxy) is 2. The maximum Gasteiger partial charge on any atom is 0.387 e. The average Bonchev–Trinajstić information content (AvgIpc) is 3.23. The summed E-state index contributed by atoms with van der Waals surface area (Å²) in [7, 11) is 0. The Bertz CT molecular complexity index is 1170. The summed E-state index contributed by atoms with van der Waals surface area (Å²) < 4.78 is 37.6. The molecule has 3 aliphatic rings. The number of nitrogens with zero attached hydrogens (tertiary/aromatic N) is 5. The predicted molar refractivity (Wildman–Crippen MR) is 130 cm³/mol. The summed E-state index contributed by atoms with van der Waals surface area (Å²) in [5, 5.41) is 6.11. The summed E-state index contributed by atoms with van der Waals surface area (Å²) in [4.78, 5) is 9.77. The van der Waals surface area contributed by atoms with E-state index in [-0.39, 0.29) is 5.75 Å². The summed E-state index contributed by atoms with van der Waals surface area (Å²) in [6, 6.07) is 9.43. The van der Waals surface area contributed by atoms with Crippen LogP contribution in [-0.4, -0.2) is 71.7 Å². The van der Waals surface area contributed by atoms with Crippen LogP contribution >= 0.6 is 0 Å². The number of rotatable bonds is 6. The lowest BCUT2D eigenvalue weighted by atomic mass is 9.82.